The summed E-state index contributed by atoms with van der Waals surface area (Å²) >= 11 is 0. The average Bonchev–Trinajstić information content (AvgIpc) is 3.01. The number of para-hydroxylation sites is 2. The minimum absolute atomic E-state index is 0.289. The number of aryl methyl sites for hydroxylation is 1. The van der Waals surface area contributed by atoms with E-state index < -0.39 is 0 Å². The summed E-state index contributed by atoms with van der Waals surface area (Å²) < 4.78 is 13.4. The van der Waals surface area contributed by atoms with Crippen molar-refractivity contribution >= 4 is 27.8 Å². The lowest BCUT2D eigenvalue weighted by Crippen LogP contribution is -2.06. The maximum atomic E-state index is 13.4. The normalized spacial score (nSPS) is 11.2. The molecule has 2 N–H and O–H groups in total. The van der Waals surface area contributed by atoms with Gasteiger partial charge in [-0.15, -0.1) is 0 Å². The number of aromatic nitrogens is 4. The van der Waals surface area contributed by atoms with Crippen LogP contribution in [0, 0.1) is 5.82 Å². The molecule has 0 aliphatic carbocycles. The molecule has 0 spiro atoms. The van der Waals surface area contributed by atoms with Gasteiger partial charge in [-0.1, -0.05) is 12.1 Å². The number of nitrogens with one attached hydrogen (secondary N) is 2. The van der Waals surface area contributed by atoms with Gasteiger partial charge >= 0.3 is 0 Å². The minimum Gasteiger partial charge on any atom is -0.369 e. The first kappa shape index (κ1) is 14.6. The van der Waals surface area contributed by atoms with Crippen molar-refractivity contribution in [2.45, 2.75) is 12.8 Å². The first-order valence-electron chi connectivity index (χ1n) is 7.87. The minimum atomic E-state index is -0.289. The predicted octanol–water partition coefficient (Wildman–Crippen LogP) is 3.69. The summed E-state index contributed by atoms with van der Waals surface area (Å²) in [5.74, 6) is 1.34. The largest absolute Gasteiger partial charge is 0.369 e. The Balaban J connectivity index is 1.41. The maximum absolute atomic E-state index is 13.4. The van der Waals surface area contributed by atoms with Gasteiger partial charge in [0.2, 0.25) is 0 Å². The van der Waals surface area contributed by atoms with Crippen molar-refractivity contribution < 1.29 is 4.39 Å². The van der Waals surface area contributed by atoms with E-state index >= 15 is 0 Å². The van der Waals surface area contributed by atoms with Crippen LogP contribution in [0.25, 0.3) is 21.9 Å². The van der Waals surface area contributed by atoms with Crippen molar-refractivity contribution in [1.29, 1.82) is 0 Å². The van der Waals surface area contributed by atoms with Crippen LogP contribution in [0.15, 0.2) is 48.8 Å². The first-order chi connectivity index (χ1) is 11.8. The van der Waals surface area contributed by atoms with Crippen LogP contribution in [-0.2, 0) is 6.42 Å². The molecule has 6 heteroatoms. The Morgan fingerprint density at radius 1 is 1.04 bits per heavy atom. The highest BCUT2D eigenvalue weighted by Gasteiger charge is 2.05. The standard InChI is InChI=1S/C18H16FN5/c19-12-7-8-14-13(10-12)18(22-11-21-14)20-9-3-6-17-23-15-4-1-2-5-16(15)24-17/h1-2,4-5,7-8,10-11H,3,6,9H2,(H,23,24)(H,20,21,22). The Kier molecular flexibility index (Phi) is 3.78. The van der Waals surface area contributed by atoms with Gasteiger partial charge in [-0.3, -0.25) is 0 Å². The van der Waals surface area contributed by atoms with Crippen molar-refractivity contribution in [3.63, 3.8) is 0 Å². The molecule has 2 aromatic carbocycles. The van der Waals surface area contributed by atoms with E-state index in [0.29, 0.717) is 11.2 Å². The highest BCUT2D eigenvalue weighted by molar-refractivity contribution is 5.88. The molecule has 4 aromatic rings. The second kappa shape index (κ2) is 6.23. The van der Waals surface area contributed by atoms with Crippen LogP contribution in [0.5, 0.6) is 0 Å². The van der Waals surface area contributed by atoms with Crippen LogP contribution < -0.4 is 5.32 Å². The van der Waals surface area contributed by atoms with Crippen molar-refractivity contribution in [1.82, 2.24) is 19.9 Å². The molecule has 24 heavy (non-hydrogen) atoms. The number of nitrogens with zero attached hydrogens (tertiary/aromatic N) is 3. The van der Waals surface area contributed by atoms with Crippen LogP contribution in [0.4, 0.5) is 10.2 Å². The summed E-state index contributed by atoms with van der Waals surface area (Å²) in [6, 6.07) is 12.5. The molecular weight excluding hydrogens is 305 g/mol. The van der Waals surface area contributed by atoms with Crippen LogP contribution in [0.2, 0.25) is 0 Å². The summed E-state index contributed by atoms with van der Waals surface area (Å²) in [5, 5.41) is 3.96. The fraction of sp³-hybridized carbons (Fsp3) is 0.167. The third kappa shape index (κ3) is 2.90. The molecule has 120 valence electrons. The molecule has 0 fully saturated rings. The zero-order valence-corrected chi connectivity index (χ0v) is 13.0. The fourth-order valence-corrected chi connectivity index (χ4v) is 2.76. The van der Waals surface area contributed by atoms with Gasteiger partial charge in [-0.05, 0) is 36.8 Å². The molecule has 0 saturated carbocycles. The second-order valence-electron chi connectivity index (χ2n) is 5.61. The van der Waals surface area contributed by atoms with E-state index in [1.165, 1.54) is 18.5 Å². The smallest absolute Gasteiger partial charge is 0.137 e. The Labute approximate surface area is 138 Å². The fourth-order valence-electron chi connectivity index (χ4n) is 2.76. The first-order valence-corrected chi connectivity index (χ1v) is 7.87. The Morgan fingerprint density at radius 3 is 2.88 bits per heavy atom. The number of anilines is 1. The summed E-state index contributed by atoms with van der Waals surface area (Å²) in [7, 11) is 0. The van der Waals surface area contributed by atoms with E-state index in [4.69, 9.17) is 0 Å². The zero-order valence-electron chi connectivity index (χ0n) is 13.0. The summed E-state index contributed by atoms with van der Waals surface area (Å²) in [6.45, 7) is 0.722. The van der Waals surface area contributed by atoms with Gasteiger partial charge < -0.3 is 10.3 Å². The Hall–Kier alpha value is -3.02. The molecule has 2 heterocycles. The average molecular weight is 321 g/mol. The van der Waals surface area contributed by atoms with Crippen molar-refractivity contribution in [2.24, 2.45) is 0 Å². The van der Waals surface area contributed by atoms with Crippen molar-refractivity contribution in [3.05, 3.63) is 60.4 Å². The lowest BCUT2D eigenvalue weighted by molar-refractivity contribution is 0.629. The topological polar surface area (TPSA) is 66.5 Å². The number of aromatic amines is 1. The molecular formula is C18H16FN5. The van der Waals surface area contributed by atoms with Gasteiger partial charge in [-0.2, -0.15) is 0 Å². The summed E-state index contributed by atoms with van der Waals surface area (Å²) in [4.78, 5) is 16.2. The molecule has 2 aromatic heterocycles. The molecule has 0 bridgehead atoms. The van der Waals surface area contributed by atoms with E-state index in [2.05, 4.69) is 25.3 Å². The van der Waals surface area contributed by atoms with E-state index in [1.54, 1.807) is 6.07 Å². The van der Waals surface area contributed by atoms with Crippen molar-refractivity contribution in [2.75, 3.05) is 11.9 Å². The molecule has 4 rings (SSSR count). The van der Waals surface area contributed by atoms with Crippen LogP contribution >= 0.6 is 0 Å². The molecule has 0 radical (unpaired) electrons. The Morgan fingerprint density at radius 2 is 1.96 bits per heavy atom. The highest BCUT2D eigenvalue weighted by atomic mass is 19.1. The van der Waals surface area contributed by atoms with Crippen LogP contribution in [0.3, 0.4) is 0 Å². The van der Waals surface area contributed by atoms with E-state index in [9.17, 15) is 4.39 Å². The molecule has 0 aliphatic heterocycles. The monoisotopic (exact) mass is 321 g/mol. The van der Waals surface area contributed by atoms with Crippen LogP contribution in [0.1, 0.15) is 12.2 Å². The number of fused-ring (bicyclic) bond motifs is 2. The maximum Gasteiger partial charge on any atom is 0.137 e. The Bertz CT molecular complexity index is 962. The van der Waals surface area contributed by atoms with Crippen molar-refractivity contribution in [3.8, 4) is 0 Å². The van der Waals surface area contributed by atoms with Gasteiger partial charge in [0, 0.05) is 18.4 Å². The van der Waals surface area contributed by atoms with Gasteiger partial charge in [0.25, 0.3) is 0 Å². The lowest BCUT2D eigenvalue weighted by atomic mass is 10.2. The van der Waals surface area contributed by atoms with Crippen LogP contribution in [-0.4, -0.2) is 26.5 Å². The molecule has 0 aliphatic rings. The number of rotatable bonds is 5. The lowest BCUT2D eigenvalue weighted by Gasteiger charge is -2.07. The number of benzene rings is 2. The second-order valence-corrected chi connectivity index (χ2v) is 5.61. The summed E-state index contributed by atoms with van der Waals surface area (Å²) in [5.41, 5.74) is 2.77. The SMILES string of the molecule is Fc1ccc2ncnc(NCCCc3nc4ccccc4[nH]3)c2c1. The quantitative estimate of drug-likeness (QED) is 0.550. The van der Waals surface area contributed by atoms with Gasteiger partial charge in [-0.25, -0.2) is 19.3 Å². The predicted molar refractivity (Wildman–Crippen MR) is 92.4 cm³/mol. The molecule has 0 unspecified atom stereocenters. The molecule has 0 saturated heterocycles. The number of hydrogen-bond donors (Lipinski definition) is 2. The van der Waals surface area contributed by atoms with Gasteiger partial charge in [0.15, 0.2) is 0 Å². The van der Waals surface area contributed by atoms with Gasteiger partial charge in [0.1, 0.15) is 23.8 Å². The number of H-pyrrole nitrogens is 1. The van der Waals surface area contributed by atoms with E-state index in [1.807, 2.05) is 24.3 Å². The summed E-state index contributed by atoms with van der Waals surface area (Å²) in [6.07, 6.45) is 3.21. The van der Waals surface area contributed by atoms with E-state index in [0.717, 1.165) is 41.8 Å². The molecule has 0 atom stereocenters. The van der Waals surface area contributed by atoms with E-state index in [-0.39, 0.29) is 5.82 Å². The van der Waals surface area contributed by atoms with Gasteiger partial charge in [0.05, 0.1) is 16.6 Å². The highest BCUT2D eigenvalue weighted by Crippen LogP contribution is 2.20. The molecule has 5 nitrogen and oxygen atoms in total. The zero-order chi connectivity index (χ0) is 16.4. The number of halogens is 1. The third-order valence-electron chi connectivity index (χ3n) is 3.92. The molecule has 0 amide bonds. The number of hydrogen-bond acceptors (Lipinski definition) is 4. The third-order valence-corrected chi connectivity index (χ3v) is 3.92. The number of imidazole rings is 1.